The van der Waals surface area contributed by atoms with Gasteiger partial charge < -0.3 is 5.32 Å². The Labute approximate surface area is 116 Å². The summed E-state index contributed by atoms with van der Waals surface area (Å²) in [6, 6.07) is 5.73. The number of benzene rings is 1. The molecule has 4 heteroatoms. The Morgan fingerprint density at radius 1 is 1.47 bits per heavy atom. The van der Waals surface area contributed by atoms with E-state index in [9.17, 15) is 4.79 Å². The van der Waals surface area contributed by atoms with E-state index in [-0.39, 0.29) is 5.91 Å². The van der Waals surface area contributed by atoms with E-state index in [4.69, 9.17) is 11.6 Å². The second-order valence-corrected chi connectivity index (χ2v) is 5.76. The van der Waals surface area contributed by atoms with Crippen LogP contribution >= 0.6 is 27.5 Å². The molecule has 0 aliphatic carbocycles. The van der Waals surface area contributed by atoms with Crippen LogP contribution in [0.1, 0.15) is 25.8 Å². The van der Waals surface area contributed by atoms with Gasteiger partial charge in [0.1, 0.15) is 0 Å². The van der Waals surface area contributed by atoms with Crippen LogP contribution in [0, 0.1) is 5.92 Å². The summed E-state index contributed by atoms with van der Waals surface area (Å²) < 4.78 is 0.954. The van der Waals surface area contributed by atoms with E-state index in [0.717, 1.165) is 16.6 Å². The number of hydrogen-bond acceptors (Lipinski definition) is 1. The molecule has 1 aromatic rings. The van der Waals surface area contributed by atoms with E-state index in [1.54, 1.807) is 0 Å². The lowest BCUT2D eigenvalue weighted by Crippen LogP contribution is -2.27. The molecule has 0 aliphatic rings. The molecule has 1 amide bonds. The fraction of sp³-hybridized carbons (Fsp3) is 0.462. The Hall–Kier alpha value is -0.540. The first kappa shape index (κ1) is 14.5. The van der Waals surface area contributed by atoms with Gasteiger partial charge in [-0.05, 0) is 30.0 Å². The molecule has 1 aromatic carbocycles. The zero-order valence-corrected chi connectivity index (χ0v) is 12.4. The maximum atomic E-state index is 11.5. The first-order valence-corrected chi connectivity index (χ1v) is 6.86. The van der Waals surface area contributed by atoms with Gasteiger partial charge in [0, 0.05) is 22.5 Å². The monoisotopic (exact) mass is 317 g/mol. The van der Waals surface area contributed by atoms with E-state index >= 15 is 0 Å². The average molecular weight is 319 g/mol. The highest BCUT2D eigenvalue weighted by Crippen LogP contribution is 2.22. The molecule has 0 radical (unpaired) electrons. The summed E-state index contributed by atoms with van der Waals surface area (Å²) in [4.78, 5) is 11.5. The molecule has 0 fully saturated rings. The van der Waals surface area contributed by atoms with Gasteiger partial charge in [0.2, 0.25) is 5.91 Å². The summed E-state index contributed by atoms with van der Waals surface area (Å²) in [6.07, 6.45) is 1.16. The van der Waals surface area contributed by atoms with Gasteiger partial charge in [-0.2, -0.15) is 0 Å². The van der Waals surface area contributed by atoms with Gasteiger partial charge in [0.15, 0.2) is 0 Å². The molecule has 1 rings (SSSR count). The van der Waals surface area contributed by atoms with E-state index < -0.39 is 0 Å². The SMILES string of the molecule is CC(C)CNC(=O)CCc1ccc(Br)cc1Cl. The minimum Gasteiger partial charge on any atom is -0.356 e. The first-order chi connectivity index (χ1) is 7.99. The molecule has 94 valence electrons. The number of amides is 1. The van der Waals surface area contributed by atoms with E-state index in [2.05, 4.69) is 35.1 Å². The Balaban J connectivity index is 2.42. The fourth-order valence-corrected chi connectivity index (χ4v) is 2.15. The molecule has 2 nitrogen and oxygen atoms in total. The summed E-state index contributed by atoms with van der Waals surface area (Å²) in [6.45, 7) is 4.88. The van der Waals surface area contributed by atoms with Crippen molar-refractivity contribution in [3.8, 4) is 0 Å². The normalized spacial score (nSPS) is 10.6. The van der Waals surface area contributed by atoms with Gasteiger partial charge in [0.25, 0.3) is 0 Å². The molecule has 0 aromatic heterocycles. The molecule has 0 atom stereocenters. The lowest BCUT2D eigenvalue weighted by Gasteiger charge is -2.08. The molecular formula is C13H17BrClNO. The van der Waals surface area contributed by atoms with Crippen LogP contribution in [0.15, 0.2) is 22.7 Å². The predicted octanol–water partition coefficient (Wildman–Crippen LogP) is 3.81. The van der Waals surface area contributed by atoms with E-state index in [0.29, 0.717) is 23.8 Å². The number of aryl methyl sites for hydroxylation is 1. The van der Waals surface area contributed by atoms with Gasteiger partial charge in [0.05, 0.1) is 0 Å². The Morgan fingerprint density at radius 3 is 2.76 bits per heavy atom. The summed E-state index contributed by atoms with van der Waals surface area (Å²) in [5, 5.41) is 3.60. The number of carbonyl (C=O) groups excluding carboxylic acids is 1. The molecule has 0 heterocycles. The third-order valence-corrected chi connectivity index (χ3v) is 3.19. The van der Waals surface area contributed by atoms with Crippen molar-refractivity contribution >= 4 is 33.4 Å². The van der Waals surface area contributed by atoms with Crippen LogP contribution in [0.25, 0.3) is 0 Å². The lowest BCUT2D eigenvalue weighted by atomic mass is 10.1. The van der Waals surface area contributed by atoms with Crippen LogP contribution in [0.4, 0.5) is 0 Å². The molecule has 0 saturated carbocycles. The van der Waals surface area contributed by atoms with Crippen LogP contribution in [0.5, 0.6) is 0 Å². The molecule has 0 aliphatic heterocycles. The predicted molar refractivity (Wildman–Crippen MR) is 75.3 cm³/mol. The second-order valence-electron chi connectivity index (χ2n) is 4.43. The van der Waals surface area contributed by atoms with Crippen molar-refractivity contribution in [2.45, 2.75) is 26.7 Å². The molecule has 0 saturated heterocycles. The minimum absolute atomic E-state index is 0.0812. The number of carbonyl (C=O) groups is 1. The van der Waals surface area contributed by atoms with Gasteiger partial charge >= 0.3 is 0 Å². The smallest absolute Gasteiger partial charge is 0.220 e. The highest BCUT2D eigenvalue weighted by molar-refractivity contribution is 9.10. The lowest BCUT2D eigenvalue weighted by molar-refractivity contribution is -0.121. The van der Waals surface area contributed by atoms with Gasteiger partial charge in [-0.15, -0.1) is 0 Å². The highest BCUT2D eigenvalue weighted by Gasteiger charge is 2.06. The number of nitrogens with one attached hydrogen (secondary N) is 1. The van der Waals surface area contributed by atoms with E-state index in [1.165, 1.54) is 0 Å². The summed E-state index contributed by atoms with van der Waals surface area (Å²) in [5.41, 5.74) is 1.01. The molecule has 0 bridgehead atoms. The van der Waals surface area contributed by atoms with E-state index in [1.807, 2.05) is 18.2 Å². The molecule has 1 N–H and O–H groups in total. The van der Waals surface area contributed by atoms with Gasteiger partial charge in [-0.1, -0.05) is 47.4 Å². The third-order valence-electron chi connectivity index (χ3n) is 2.34. The van der Waals surface area contributed by atoms with Crippen LogP contribution in [0.3, 0.4) is 0 Å². The summed E-state index contributed by atoms with van der Waals surface area (Å²) in [7, 11) is 0. The number of rotatable bonds is 5. The third kappa shape index (κ3) is 5.55. The Kier molecular flexibility index (Phi) is 6.00. The molecule has 0 unspecified atom stereocenters. The van der Waals surface area contributed by atoms with Crippen molar-refractivity contribution in [1.29, 1.82) is 0 Å². The maximum absolute atomic E-state index is 11.5. The zero-order chi connectivity index (χ0) is 12.8. The van der Waals surface area contributed by atoms with Gasteiger partial charge in [-0.25, -0.2) is 0 Å². The first-order valence-electron chi connectivity index (χ1n) is 5.69. The Morgan fingerprint density at radius 2 is 2.18 bits per heavy atom. The van der Waals surface area contributed by atoms with Gasteiger partial charge in [-0.3, -0.25) is 4.79 Å². The average Bonchev–Trinajstić information content (AvgIpc) is 2.25. The topological polar surface area (TPSA) is 29.1 Å². The largest absolute Gasteiger partial charge is 0.356 e. The maximum Gasteiger partial charge on any atom is 0.220 e. The van der Waals surface area contributed by atoms with Crippen molar-refractivity contribution in [3.05, 3.63) is 33.3 Å². The van der Waals surface area contributed by atoms with Crippen LogP contribution in [0.2, 0.25) is 5.02 Å². The fourth-order valence-electron chi connectivity index (χ4n) is 1.38. The molecular weight excluding hydrogens is 302 g/mol. The van der Waals surface area contributed by atoms with Crippen molar-refractivity contribution in [2.75, 3.05) is 6.54 Å². The van der Waals surface area contributed by atoms with Crippen molar-refractivity contribution < 1.29 is 4.79 Å². The standard InChI is InChI=1S/C13H17BrClNO/c1-9(2)8-16-13(17)6-4-10-3-5-11(14)7-12(10)15/h3,5,7,9H,4,6,8H2,1-2H3,(H,16,17). The van der Waals surface area contributed by atoms with Crippen molar-refractivity contribution in [1.82, 2.24) is 5.32 Å². The molecule has 0 spiro atoms. The number of halogens is 2. The number of hydrogen-bond donors (Lipinski definition) is 1. The highest BCUT2D eigenvalue weighted by atomic mass is 79.9. The van der Waals surface area contributed by atoms with Crippen LogP contribution < -0.4 is 5.32 Å². The van der Waals surface area contributed by atoms with Crippen LogP contribution in [-0.4, -0.2) is 12.5 Å². The van der Waals surface area contributed by atoms with Crippen molar-refractivity contribution in [2.24, 2.45) is 5.92 Å². The second kappa shape index (κ2) is 7.02. The summed E-state index contributed by atoms with van der Waals surface area (Å²) >= 11 is 9.43. The quantitative estimate of drug-likeness (QED) is 0.879. The molecule has 17 heavy (non-hydrogen) atoms. The zero-order valence-electron chi connectivity index (χ0n) is 10.1. The van der Waals surface area contributed by atoms with Crippen molar-refractivity contribution in [3.63, 3.8) is 0 Å². The minimum atomic E-state index is 0.0812. The Bertz CT molecular complexity index is 393. The summed E-state index contributed by atoms with van der Waals surface area (Å²) in [5.74, 6) is 0.563. The van der Waals surface area contributed by atoms with Crippen LogP contribution in [-0.2, 0) is 11.2 Å².